The molecule has 0 heterocycles. The third-order valence-electron chi connectivity index (χ3n) is 3.25. The van der Waals surface area contributed by atoms with E-state index in [-0.39, 0.29) is 24.2 Å². The summed E-state index contributed by atoms with van der Waals surface area (Å²) in [7, 11) is 1.89. The van der Waals surface area contributed by atoms with Crippen molar-refractivity contribution in [2.24, 2.45) is 5.92 Å². The first-order valence-electron chi connectivity index (χ1n) is 7.77. The van der Waals surface area contributed by atoms with Gasteiger partial charge in [0.15, 0.2) is 0 Å². The second kappa shape index (κ2) is 11.0. The molecule has 3 N–H and O–H groups in total. The second-order valence-electron chi connectivity index (χ2n) is 5.89. The highest BCUT2D eigenvalue weighted by atomic mass is 35.5. The lowest BCUT2D eigenvalue weighted by atomic mass is 10.1. The molecular weight excluding hydrogens is 314 g/mol. The van der Waals surface area contributed by atoms with E-state index in [1.54, 1.807) is 18.2 Å². The lowest BCUT2D eigenvalue weighted by molar-refractivity contribution is -0.116. The molecule has 2 amide bonds. The van der Waals surface area contributed by atoms with Gasteiger partial charge in [-0.3, -0.25) is 9.59 Å². The van der Waals surface area contributed by atoms with Gasteiger partial charge in [0.25, 0.3) is 5.91 Å². The summed E-state index contributed by atoms with van der Waals surface area (Å²) in [6.45, 7) is 7.43. The van der Waals surface area contributed by atoms with Crippen LogP contribution in [0.5, 0.6) is 0 Å². The van der Waals surface area contributed by atoms with E-state index in [9.17, 15) is 9.59 Å². The Kier molecular flexibility index (Phi) is 10.3. The average molecular weight is 342 g/mol. The van der Waals surface area contributed by atoms with Gasteiger partial charge in [0.1, 0.15) is 0 Å². The monoisotopic (exact) mass is 341 g/mol. The molecule has 0 radical (unpaired) electrons. The van der Waals surface area contributed by atoms with Crippen molar-refractivity contribution in [2.75, 3.05) is 25.5 Å². The second-order valence-corrected chi connectivity index (χ2v) is 5.89. The van der Waals surface area contributed by atoms with Crippen LogP contribution in [0.4, 0.5) is 5.69 Å². The Morgan fingerprint density at radius 2 is 1.87 bits per heavy atom. The van der Waals surface area contributed by atoms with E-state index in [4.69, 9.17) is 0 Å². The number of halogens is 1. The molecule has 0 saturated carbocycles. The van der Waals surface area contributed by atoms with Crippen molar-refractivity contribution in [1.29, 1.82) is 0 Å². The Bertz CT molecular complexity index is 519. The number of carbonyl (C=O) groups excluding carboxylic acids is 2. The van der Waals surface area contributed by atoms with Gasteiger partial charge in [0.2, 0.25) is 5.91 Å². The highest BCUT2D eigenvalue weighted by Crippen LogP contribution is 2.17. The molecule has 23 heavy (non-hydrogen) atoms. The van der Waals surface area contributed by atoms with Crippen LogP contribution in [0.2, 0.25) is 0 Å². The molecule has 0 unspecified atom stereocenters. The number of hydrogen-bond acceptors (Lipinski definition) is 3. The van der Waals surface area contributed by atoms with Crippen LogP contribution in [-0.2, 0) is 4.79 Å². The van der Waals surface area contributed by atoms with Gasteiger partial charge in [0.05, 0.1) is 0 Å². The first-order valence-corrected chi connectivity index (χ1v) is 7.77. The van der Waals surface area contributed by atoms with Crippen LogP contribution in [0.25, 0.3) is 0 Å². The predicted octanol–water partition coefficient (Wildman–Crippen LogP) is 2.74. The molecule has 1 aromatic rings. The lowest BCUT2D eigenvalue weighted by Crippen LogP contribution is -2.26. The third kappa shape index (κ3) is 8.00. The number of carbonyl (C=O) groups is 2. The molecule has 0 saturated heterocycles. The fourth-order valence-electron chi connectivity index (χ4n) is 2.09. The van der Waals surface area contributed by atoms with Gasteiger partial charge in [-0.2, -0.15) is 0 Å². The third-order valence-corrected chi connectivity index (χ3v) is 3.25. The van der Waals surface area contributed by atoms with Crippen molar-refractivity contribution in [3.63, 3.8) is 0 Å². The fraction of sp³-hybridized carbons (Fsp3) is 0.529. The molecule has 0 aliphatic carbocycles. The number of hydrogen-bond donors (Lipinski definition) is 3. The van der Waals surface area contributed by atoms with Gasteiger partial charge in [-0.25, -0.2) is 0 Å². The Morgan fingerprint density at radius 3 is 2.43 bits per heavy atom. The largest absolute Gasteiger partial charge is 0.352 e. The Morgan fingerprint density at radius 1 is 1.17 bits per heavy atom. The van der Waals surface area contributed by atoms with E-state index in [2.05, 4.69) is 16.0 Å². The molecule has 5 nitrogen and oxygen atoms in total. The highest BCUT2D eigenvalue weighted by Gasteiger charge is 2.10. The van der Waals surface area contributed by atoms with Crippen LogP contribution < -0.4 is 16.0 Å². The Balaban J connectivity index is 0.00000484. The van der Waals surface area contributed by atoms with Gasteiger partial charge in [0, 0.05) is 24.2 Å². The number of aryl methyl sites for hydroxylation is 1. The van der Waals surface area contributed by atoms with E-state index < -0.39 is 0 Å². The summed E-state index contributed by atoms with van der Waals surface area (Å²) >= 11 is 0. The van der Waals surface area contributed by atoms with Crippen molar-refractivity contribution in [2.45, 2.75) is 33.6 Å². The zero-order valence-electron chi connectivity index (χ0n) is 14.4. The lowest BCUT2D eigenvalue weighted by Gasteiger charge is -2.11. The van der Waals surface area contributed by atoms with Crippen molar-refractivity contribution >= 4 is 29.9 Å². The van der Waals surface area contributed by atoms with Gasteiger partial charge in [-0.1, -0.05) is 13.8 Å². The topological polar surface area (TPSA) is 70.2 Å². The van der Waals surface area contributed by atoms with E-state index in [0.717, 1.165) is 24.2 Å². The number of nitrogens with one attached hydrogen (secondary N) is 3. The maximum Gasteiger partial charge on any atom is 0.251 e. The molecule has 0 atom stereocenters. The van der Waals surface area contributed by atoms with Crippen molar-refractivity contribution in [3.8, 4) is 0 Å². The highest BCUT2D eigenvalue weighted by molar-refractivity contribution is 5.96. The van der Waals surface area contributed by atoms with Crippen LogP contribution in [-0.4, -0.2) is 32.0 Å². The van der Waals surface area contributed by atoms with Crippen molar-refractivity contribution in [1.82, 2.24) is 10.6 Å². The predicted molar refractivity (Wildman–Crippen MR) is 97.4 cm³/mol. The smallest absolute Gasteiger partial charge is 0.251 e. The van der Waals surface area contributed by atoms with Gasteiger partial charge in [-0.15, -0.1) is 12.4 Å². The molecule has 0 fully saturated rings. The Hall–Kier alpha value is -1.59. The first-order chi connectivity index (χ1) is 10.4. The average Bonchev–Trinajstić information content (AvgIpc) is 2.44. The van der Waals surface area contributed by atoms with Gasteiger partial charge in [-0.05, 0) is 56.6 Å². The summed E-state index contributed by atoms with van der Waals surface area (Å²) in [5, 5.41) is 8.81. The number of amides is 2. The molecule has 0 bridgehead atoms. The summed E-state index contributed by atoms with van der Waals surface area (Å²) in [6, 6.07) is 5.33. The minimum atomic E-state index is -0.0840. The zero-order chi connectivity index (χ0) is 16.5. The number of rotatable bonds is 8. The molecular formula is C17H28ClN3O2. The molecule has 130 valence electrons. The van der Waals surface area contributed by atoms with Gasteiger partial charge >= 0.3 is 0 Å². The first kappa shape index (κ1) is 21.4. The summed E-state index contributed by atoms with van der Waals surface area (Å²) in [5.41, 5.74) is 2.26. The molecule has 0 aliphatic heterocycles. The van der Waals surface area contributed by atoms with Crippen molar-refractivity contribution < 1.29 is 9.59 Å². The number of benzene rings is 1. The summed E-state index contributed by atoms with van der Waals surface area (Å²) in [4.78, 5) is 23.8. The molecule has 0 spiro atoms. The minimum Gasteiger partial charge on any atom is -0.352 e. The van der Waals surface area contributed by atoms with E-state index >= 15 is 0 Å². The maximum atomic E-state index is 12.0. The molecule has 0 aromatic heterocycles. The van der Waals surface area contributed by atoms with Crippen LogP contribution in [0.3, 0.4) is 0 Å². The zero-order valence-corrected chi connectivity index (χ0v) is 15.2. The fourth-order valence-corrected chi connectivity index (χ4v) is 2.09. The van der Waals surface area contributed by atoms with Crippen LogP contribution >= 0.6 is 12.4 Å². The molecule has 0 aliphatic rings. The van der Waals surface area contributed by atoms with E-state index in [1.165, 1.54) is 0 Å². The van der Waals surface area contributed by atoms with Gasteiger partial charge < -0.3 is 16.0 Å². The van der Waals surface area contributed by atoms with Crippen LogP contribution in [0.15, 0.2) is 18.2 Å². The van der Waals surface area contributed by atoms with Crippen molar-refractivity contribution in [3.05, 3.63) is 29.3 Å². The summed E-state index contributed by atoms with van der Waals surface area (Å²) in [5.74, 6) is 0.240. The van der Waals surface area contributed by atoms with E-state index in [1.807, 2.05) is 27.8 Å². The SMILES string of the molecule is CNCCCNC(=O)c1ccc(NC(=O)CC(C)C)c(C)c1.Cl. The maximum absolute atomic E-state index is 12.0. The summed E-state index contributed by atoms with van der Waals surface area (Å²) in [6.07, 6.45) is 1.39. The van der Waals surface area contributed by atoms with Crippen LogP contribution in [0, 0.1) is 12.8 Å². The number of anilines is 1. The Labute approximate surface area is 145 Å². The van der Waals surface area contributed by atoms with Crippen LogP contribution in [0.1, 0.15) is 42.6 Å². The minimum absolute atomic E-state index is 0. The molecule has 6 heteroatoms. The molecule has 1 aromatic carbocycles. The quantitative estimate of drug-likeness (QED) is 0.637. The standard InChI is InChI=1S/C17H27N3O2.ClH/c1-12(2)10-16(21)20-15-7-6-14(11-13(15)3)17(22)19-9-5-8-18-4;/h6-7,11-12,18H,5,8-10H2,1-4H3,(H,19,22)(H,20,21);1H. The normalized spacial score (nSPS) is 10.1. The molecule has 1 rings (SSSR count). The summed E-state index contributed by atoms with van der Waals surface area (Å²) < 4.78 is 0. The van der Waals surface area contributed by atoms with E-state index in [0.29, 0.717) is 24.4 Å².